The highest BCUT2D eigenvalue weighted by Crippen LogP contribution is 2.27. The summed E-state index contributed by atoms with van der Waals surface area (Å²) in [4.78, 5) is 31.3. The second-order valence-corrected chi connectivity index (χ2v) is 7.73. The van der Waals surface area contributed by atoms with Crippen molar-refractivity contribution in [3.05, 3.63) is 54.4 Å². The molecule has 29 heavy (non-hydrogen) atoms. The van der Waals surface area contributed by atoms with E-state index in [-0.39, 0.29) is 24.3 Å². The van der Waals surface area contributed by atoms with E-state index in [1.54, 1.807) is 17.3 Å². The molecule has 6 nitrogen and oxygen atoms in total. The molecule has 0 spiro atoms. The van der Waals surface area contributed by atoms with E-state index in [4.69, 9.17) is 4.74 Å². The lowest BCUT2D eigenvalue weighted by Crippen LogP contribution is -2.62. The Labute approximate surface area is 172 Å². The molecule has 0 radical (unpaired) electrons. The molecule has 2 heterocycles. The van der Waals surface area contributed by atoms with Gasteiger partial charge in [-0.2, -0.15) is 0 Å². The van der Waals surface area contributed by atoms with Gasteiger partial charge in [-0.05, 0) is 35.7 Å². The molecule has 154 valence electrons. The third-order valence-electron chi connectivity index (χ3n) is 5.20. The van der Waals surface area contributed by atoms with Crippen molar-refractivity contribution in [2.75, 3.05) is 26.2 Å². The van der Waals surface area contributed by atoms with Gasteiger partial charge < -0.3 is 15.0 Å². The number of morpholine rings is 1. The number of ether oxygens (including phenoxy) is 1. The first kappa shape index (κ1) is 21.0. The van der Waals surface area contributed by atoms with Crippen LogP contribution in [0.15, 0.2) is 48.8 Å². The first-order chi connectivity index (χ1) is 13.9. The summed E-state index contributed by atoms with van der Waals surface area (Å²) in [5.74, 6) is -0.228. The minimum atomic E-state index is -1.07. The molecule has 0 unspecified atom stereocenters. The molecule has 1 aromatic carbocycles. The maximum Gasteiger partial charge on any atom is 0.254 e. The monoisotopic (exact) mass is 395 g/mol. The lowest BCUT2D eigenvalue weighted by Gasteiger charge is -2.42. The summed E-state index contributed by atoms with van der Waals surface area (Å²) >= 11 is 0. The number of hydrogen-bond acceptors (Lipinski definition) is 4. The van der Waals surface area contributed by atoms with Crippen LogP contribution in [0.25, 0.3) is 11.1 Å². The average Bonchev–Trinajstić information content (AvgIpc) is 2.74. The Morgan fingerprint density at radius 1 is 1.14 bits per heavy atom. The van der Waals surface area contributed by atoms with Gasteiger partial charge in [-0.3, -0.25) is 14.6 Å². The van der Waals surface area contributed by atoms with Gasteiger partial charge in [0.05, 0.1) is 13.2 Å². The molecule has 0 aliphatic carbocycles. The first-order valence-electron chi connectivity index (χ1n) is 10.2. The van der Waals surface area contributed by atoms with E-state index in [0.29, 0.717) is 26.1 Å². The van der Waals surface area contributed by atoms with Crippen molar-refractivity contribution in [1.82, 2.24) is 15.2 Å². The second-order valence-electron chi connectivity index (χ2n) is 7.73. The van der Waals surface area contributed by atoms with Gasteiger partial charge in [0.25, 0.3) is 5.91 Å². The highest BCUT2D eigenvalue weighted by molar-refractivity contribution is 5.87. The zero-order valence-electron chi connectivity index (χ0n) is 17.4. The number of nitrogens with one attached hydrogen (secondary N) is 1. The van der Waals surface area contributed by atoms with E-state index in [1.807, 2.05) is 57.2 Å². The van der Waals surface area contributed by atoms with E-state index in [2.05, 4.69) is 10.3 Å². The summed E-state index contributed by atoms with van der Waals surface area (Å²) in [5, 5.41) is 2.89. The molecule has 1 fully saturated rings. The molecule has 0 bridgehead atoms. The highest BCUT2D eigenvalue weighted by Gasteiger charge is 2.45. The Kier molecular flexibility index (Phi) is 6.64. The lowest BCUT2D eigenvalue weighted by molar-refractivity contribution is -0.167. The van der Waals surface area contributed by atoms with Gasteiger partial charge in [-0.1, -0.05) is 38.1 Å². The molecular weight excluding hydrogens is 366 g/mol. The number of amides is 2. The van der Waals surface area contributed by atoms with Crippen LogP contribution in [-0.2, 0) is 20.7 Å². The summed E-state index contributed by atoms with van der Waals surface area (Å²) in [5.41, 5.74) is 2.10. The first-order valence-corrected chi connectivity index (χ1v) is 10.2. The maximum atomic E-state index is 13.0. The van der Waals surface area contributed by atoms with E-state index >= 15 is 0 Å². The molecule has 1 aliphatic rings. The predicted octanol–water partition coefficient (Wildman–Crippen LogP) is 2.68. The van der Waals surface area contributed by atoms with Crippen LogP contribution in [0, 0.1) is 5.92 Å². The van der Waals surface area contributed by atoms with Crippen molar-refractivity contribution in [1.29, 1.82) is 0 Å². The Morgan fingerprint density at radius 3 is 2.41 bits per heavy atom. The normalized spacial score (nSPS) is 19.2. The van der Waals surface area contributed by atoms with E-state index in [1.165, 1.54) is 0 Å². The number of hydrogen-bond donors (Lipinski definition) is 1. The fourth-order valence-corrected chi connectivity index (χ4v) is 3.67. The number of likely N-dealkylation sites (N-methyl/N-ethyl adjacent to an activating group) is 1. The topological polar surface area (TPSA) is 71.5 Å². The molecule has 2 aromatic rings. The molecule has 1 N–H and O–H groups in total. The molecule has 1 saturated heterocycles. The predicted molar refractivity (Wildman–Crippen MR) is 112 cm³/mol. The summed E-state index contributed by atoms with van der Waals surface area (Å²) in [7, 11) is 0. The molecule has 0 saturated carbocycles. The molecule has 1 aromatic heterocycles. The number of pyridine rings is 1. The van der Waals surface area contributed by atoms with Gasteiger partial charge in [0.2, 0.25) is 5.91 Å². The van der Waals surface area contributed by atoms with Crippen molar-refractivity contribution in [3.8, 4) is 11.1 Å². The van der Waals surface area contributed by atoms with E-state index in [0.717, 1.165) is 16.7 Å². The van der Waals surface area contributed by atoms with Crippen molar-refractivity contribution in [3.63, 3.8) is 0 Å². The number of nitrogens with zero attached hydrogens (tertiary/aromatic N) is 2. The lowest BCUT2D eigenvalue weighted by atomic mass is 9.90. The van der Waals surface area contributed by atoms with Gasteiger partial charge in [-0.15, -0.1) is 0 Å². The quantitative estimate of drug-likeness (QED) is 0.816. The Bertz CT molecular complexity index is 836. The highest BCUT2D eigenvalue weighted by atomic mass is 16.5. The summed E-state index contributed by atoms with van der Waals surface area (Å²) in [6.45, 7) is 7.29. The standard InChI is InChI=1S/C23H29N3O3/c1-4-25-22(28)23(16-26(13-14-29-23)21(27)17(2)3)15-18-5-7-19(8-6-18)20-9-11-24-12-10-20/h5-12,17H,4,13-16H2,1-3H3,(H,25,28)/t23-/m0/s1. The van der Waals surface area contributed by atoms with E-state index in [9.17, 15) is 9.59 Å². The molecule has 2 amide bonds. The van der Waals surface area contributed by atoms with Crippen molar-refractivity contribution >= 4 is 11.8 Å². The smallest absolute Gasteiger partial charge is 0.254 e. The van der Waals surface area contributed by atoms with Crippen molar-refractivity contribution < 1.29 is 14.3 Å². The fourth-order valence-electron chi connectivity index (χ4n) is 3.67. The zero-order valence-corrected chi connectivity index (χ0v) is 17.4. The number of carbonyl (C=O) groups is 2. The van der Waals surface area contributed by atoms with Crippen LogP contribution in [0.1, 0.15) is 26.3 Å². The van der Waals surface area contributed by atoms with Crippen molar-refractivity contribution in [2.24, 2.45) is 5.92 Å². The number of benzene rings is 1. The Balaban J connectivity index is 1.84. The average molecular weight is 396 g/mol. The minimum absolute atomic E-state index is 0.0509. The number of carbonyl (C=O) groups excluding carboxylic acids is 2. The van der Waals surface area contributed by atoms with E-state index < -0.39 is 5.60 Å². The van der Waals surface area contributed by atoms with Crippen LogP contribution >= 0.6 is 0 Å². The third kappa shape index (κ3) is 4.82. The minimum Gasteiger partial charge on any atom is -0.361 e. The van der Waals surface area contributed by atoms with Crippen LogP contribution in [0.4, 0.5) is 0 Å². The van der Waals surface area contributed by atoms with Gasteiger partial charge in [-0.25, -0.2) is 0 Å². The van der Waals surface area contributed by atoms with Crippen molar-refractivity contribution in [2.45, 2.75) is 32.8 Å². The largest absolute Gasteiger partial charge is 0.361 e. The van der Waals surface area contributed by atoms with Gasteiger partial charge in [0.15, 0.2) is 5.60 Å². The SMILES string of the molecule is CCNC(=O)[C@]1(Cc2ccc(-c3ccncc3)cc2)CN(C(=O)C(C)C)CCO1. The van der Waals surface area contributed by atoms with Crippen LogP contribution < -0.4 is 5.32 Å². The number of rotatable bonds is 6. The summed E-state index contributed by atoms with van der Waals surface area (Å²) in [6, 6.07) is 12.0. The third-order valence-corrected chi connectivity index (χ3v) is 5.20. The van der Waals surface area contributed by atoms with Gasteiger partial charge in [0, 0.05) is 37.8 Å². The van der Waals surface area contributed by atoms with Crippen LogP contribution in [0.2, 0.25) is 0 Å². The van der Waals surface area contributed by atoms with Gasteiger partial charge in [0.1, 0.15) is 0 Å². The van der Waals surface area contributed by atoms with Crippen LogP contribution in [0.5, 0.6) is 0 Å². The molecule has 1 aliphatic heterocycles. The second kappa shape index (κ2) is 9.18. The fraction of sp³-hybridized carbons (Fsp3) is 0.435. The Hall–Kier alpha value is -2.73. The summed E-state index contributed by atoms with van der Waals surface area (Å²) < 4.78 is 6.04. The summed E-state index contributed by atoms with van der Waals surface area (Å²) in [6.07, 6.45) is 3.95. The van der Waals surface area contributed by atoms with Crippen LogP contribution in [0.3, 0.4) is 0 Å². The zero-order chi connectivity index (χ0) is 20.9. The van der Waals surface area contributed by atoms with Gasteiger partial charge >= 0.3 is 0 Å². The van der Waals surface area contributed by atoms with Crippen LogP contribution in [-0.4, -0.2) is 53.5 Å². The molecule has 6 heteroatoms. The molecule has 3 rings (SSSR count). The molecular formula is C23H29N3O3. The number of aromatic nitrogens is 1. The Morgan fingerprint density at radius 2 is 1.79 bits per heavy atom. The molecule has 1 atom stereocenters. The maximum absolute atomic E-state index is 13.0.